The Balaban J connectivity index is 1.31. The van der Waals surface area contributed by atoms with E-state index in [1.54, 1.807) is 0 Å². The molecule has 6 nitrogen and oxygen atoms in total. The van der Waals surface area contributed by atoms with Crippen molar-refractivity contribution in [1.82, 2.24) is 9.88 Å². The Morgan fingerprint density at radius 2 is 1.84 bits per heavy atom. The second kappa shape index (κ2) is 7.11. The van der Waals surface area contributed by atoms with Gasteiger partial charge in [0, 0.05) is 18.0 Å². The zero-order valence-corrected chi connectivity index (χ0v) is 14.1. The number of amides is 1. The van der Waals surface area contributed by atoms with Crippen LogP contribution in [-0.4, -0.2) is 54.7 Å². The lowest BCUT2D eigenvalue weighted by Crippen LogP contribution is -3.13. The number of hydrogen-bond donors (Lipinski definition) is 1. The van der Waals surface area contributed by atoms with Crippen molar-refractivity contribution < 1.29 is 19.2 Å². The molecule has 4 rings (SSSR count). The van der Waals surface area contributed by atoms with E-state index >= 15 is 0 Å². The van der Waals surface area contributed by atoms with E-state index in [1.807, 2.05) is 41.6 Å². The molecule has 1 aromatic carbocycles. The largest absolute Gasteiger partial charge is 0.485 e. The van der Waals surface area contributed by atoms with Crippen molar-refractivity contribution in [2.45, 2.75) is 12.6 Å². The van der Waals surface area contributed by atoms with Crippen LogP contribution in [0.1, 0.15) is 5.56 Å². The Bertz CT molecular complexity index is 730. The molecule has 0 bridgehead atoms. The number of aromatic nitrogens is 1. The van der Waals surface area contributed by atoms with Crippen molar-refractivity contribution in [1.29, 1.82) is 0 Å². The highest BCUT2D eigenvalue weighted by atomic mass is 16.6. The van der Waals surface area contributed by atoms with E-state index in [1.165, 1.54) is 10.5 Å². The normalized spacial score (nSPS) is 20.3. The Morgan fingerprint density at radius 1 is 1.12 bits per heavy atom. The third-order valence-corrected chi connectivity index (χ3v) is 4.77. The maximum Gasteiger partial charge on any atom is 0.267 e. The van der Waals surface area contributed by atoms with E-state index in [9.17, 15) is 4.79 Å². The number of carbonyl (C=O) groups excluding carboxylic acids is 1. The minimum atomic E-state index is -0.545. The number of quaternary nitrogens is 1. The lowest BCUT2D eigenvalue weighted by atomic mass is 10.2. The van der Waals surface area contributed by atoms with Crippen molar-refractivity contribution >= 4 is 5.91 Å². The molecule has 1 atom stereocenters. The number of hydrogen-bond acceptors (Lipinski definition) is 4. The van der Waals surface area contributed by atoms with E-state index in [-0.39, 0.29) is 12.5 Å². The molecular weight excluding hydrogens is 318 g/mol. The minimum absolute atomic E-state index is 0.0254. The lowest BCUT2D eigenvalue weighted by molar-refractivity contribution is -0.917. The summed E-state index contributed by atoms with van der Waals surface area (Å²) >= 11 is 0. The predicted molar refractivity (Wildman–Crippen MR) is 91.6 cm³/mol. The number of pyridine rings is 1. The van der Waals surface area contributed by atoms with Crippen molar-refractivity contribution in [3.63, 3.8) is 0 Å². The van der Waals surface area contributed by atoms with Gasteiger partial charge in [0.2, 0.25) is 6.10 Å². The molecule has 1 N–H and O–H groups in total. The fourth-order valence-corrected chi connectivity index (χ4v) is 3.35. The highest BCUT2D eigenvalue weighted by Crippen LogP contribution is 2.31. The summed E-state index contributed by atoms with van der Waals surface area (Å²) in [6, 6.07) is 11.6. The van der Waals surface area contributed by atoms with E-state index < -0.39 is 6.10 Å². The summed E-state index contributed by atoms with van der Waals surface area (Å²) in [6.07, 6.45) is 3.11. The number of carbonyl (C=O) groups is 1. The van der Waals surface area contributed by atoms with Gasteiger partial charge in [0.15, 0.2) is 11.5 Å². The number of fused-ring (bicyclic) bond motifs is 1. The van der Waals surface area contributed by atoms with Gasteiger partial charge in [0.05, 0.1) is 26.2 Å². The predicted octanol–water partition coefficient (Wildman–Crippen LogP) is 0.149. The number of para-hydroxylation sites is 2. The van der Waals surface area contributed by atoms with Crippen LogP contribution in [-0.2, 0) is 11.3 Å². The second-order valence-electron chi connectivity index (χ2n) is 6.47. The van der Waals surface area contributed by atoms with Crippen molar-refractivity contribution in [2.24, 2.45) is 0 Å². The highest BCUT2D eigenvalue weighted by molar-refractivity contribution is 5.82. The summed E-state index contributed by atoms with van der Waals surface area (Å²) in [5, 5.41) is 0. The van der Waals surface area contributed by atoms with Gasteiger partial charge in [-0.1, -0.05) is 12.1 Å². The van der Waals surface area contributed by atoms with Gasteiger partial charge in [0.1, 0.15) is 13.2 Å². The Morgan fingerprint density at radius 3 is 2.60 bits per heavy atom. The molecule has 0 aliphatic carbocycles. The number of ether oxygens (including phenoxy) is 2. The van der Waals surface area contributed by atoms with Crippen LogP contribution in [0.4, 0.5) is 0 Å². The standard InChI is InChI=1S/C19H21N3O3/c23-19(18-14-24-16-3-1-2-4-17(16)25-18)22-11-9-21(10-12-22)13-15-5-7-20-8-6-15/h1-8,18H,9-14H2/p+1/t18-/m1/s1. The van der Waals surface area contributed by atoms with Crippen LogP contribution in [0.5, 0.6) is 11.5 Å². The fraction of sp³-hybridized carbons (Fsp3) is 0.368. The van der Waals surface area contributed by atoms with Crippen LogP contribution in [0.3, 0.4) is 0 Å². The molecule has 0 saturated carbocycles. The van der Waals surface area contributed by atoms with Gasteiger partial charge < -0.3 is 19.3 Å². The van der Waals surface area contributed by atoms with Crippen molar-refractivity contribution in [3.05, 3.63) is 54.4 Å². The summed E-state index contributed by atoms with van der Waals surface area (Å²) in [7, 11) is 0. The van der Waals surface area contributed by atoms with Crippen molar-refractivity contribution in [3.8, 4) is 11.5 Å². The minimum Gasteiger partial charge on any atom is -0.485 e. The molecule has 130 valence electrons. The number of benzene rings is 1. The summed E-state index contributed by atoms with van der Waals surface area (Å²) in [6.45, 7) is 4.64. The zero-order valence-electron chi connectivity index (χ0n) is 14.1. The van der Waals surface area contributed by atoms with Crippen molar-refractivity contribution in [2.75, 3.05) is 32.8 Å². The molecular formula is C19H22N3O3+. The van der Waals surface area contributed by atoms with Crippen LogP contribution in [0.25, 0.3) is 0 Å². The molecule has 0 spiro atoms. The topological polar surface area (TPSA) is 56.1 Å². The third-order valence-electron chi connectivity index (χ3n) is 4.77. The first-order valence-corrected chi connectivity index (χ1v) is 8.69. The number of nitrogens with zero attached hydrogens (tertiary/aromatic N) is 2. The van der Waals surface area contributed by atoms with Gasteiger partial charge in [0.25, 0.3) is 5.91 Å². The van der Waals surface area contributed by atoms with Crippen LogP contribution < -0.4 is 14.4 Å². The maximum atomic E-state index is 12.7. The number of rotatable bonds is 3. The van der Waals surface area contributed by atoms with Gasteiger partial charge in [-0.3, -0.25) is 9.78 Å². The average Bonchev–Trinajstić information content (AvgIpc) is 2.68. The summed E-state index contributed by atoms with van der Waals surface area (Å²) in [5.41, 5.74) is 1.28. The molecule has 1 saturated heterocycles. The lowest BCUT2D eigenvalue weighted by Gasteiger charge is -2.35. The number of piperazine rings is 1. The van der Waals surface area contributed by atoms with Gasteiger partial charge in [-0.25, -0.2) is 0 Å². The fourth-order valence-electron chi connectivity index (χ4n) is 3.35. The molecule has 3 heterocycles. The first-order chi connectivity index (χ1) is 12.3. The summed E-state index contributed by atoms with van der Waals surface area (Å²) in [4.78, 5) is 20.2. The summed E-state index contributed by atoms with van der Waals surface area (Å²) in [5.74, 6) is 1.38. The van der Waals surface area contributed by atoms with E-state index in [2.05, 4.69) is 17.1 Å². The molecule has 2 aliphatic heterocycles. The smallest absolute Gasteiger partial charge is 0.267 e. The van der Waals surface area contributed by atoms with Crippen LogP contribution in [0.2, 0.25) is 0 Å². The van der Waals surface area contributed by atoms with Gasteiger partial charge in [-0.2, -0.15) is 0 Å². The molecule has 2 aliphatic rings. The Labute approximate surface area is 147 Å². The SMILES string of the molecule is O=C([C@H]1COc2ccccc2O1)N1CC[NH+](Cc2ccncc2)CC1. The van der Waals surface area contributed by atoms with E-state index in [0.29, 0.717) is 11.5 Å². The highest BCUT2D eigenvalue weighted by Gasteiger charge is 2.33. The molecule has 6 heteroatoms. The Kier molecular flexibility index (Phi) is 4.52. The number of nitrogens with one attached hydrogen (secondary N) is 1. The van der Waals surface area contributed by atoms with Crippen LogP contribution >= 0.6 is 0 Å². The van der Waals surface area contributed by atoms with Crippen LogP contribution in [0.15, 0.2) is 48.8 Å². The quantitative estimate of drug-likeness (QED) is 0.864. The van der Waals surface area contributed by atoms with E-state index in [4.69, 9.17) is 9.47 Å². The molecule has 1 fully saturated rings. The third kappa shape index (κ3) is 3.58. The second-order valence-corrected chi connectivity index (χ2v) is 6.47. The molecule has 1 aromatic heterocycles. The van der Waals surface area contributed by atoms with Gasteiger partial charge in [-0.15, -0.1) is 0 Å². The molecule has 0 unspecified atom stereocenters. The zero-order chi connectivity index (χ0) is 17.1. The monoisotopic (exact) mass is 340 g/mol. The average molecular weight is 340 g/mol. The first kappa shape index (κ1) is 15.9. The molecule has 0 radical (unpaired) electrons. The molecule has 25 heavy (non-hydrogen) atoms. The van der Waals surface area contributed by atoms with Gasteiger partial charge in [-0.05, 0) is 24.3 Å². The Hall–Kier alpha value is -2.60. The first-order valence-electron chi connectivity index (χ1n) is 8.69. The molecule has 2 aromatic rings. The van der Waals surface area contributed by atoms with Gasteiger partial charge >= 0.3 is 0 Å². The maximum absolute atomic E-state index is 12.7. The van der Waals surface area contributed by atoms with E-state index in [0.717, 1.165) is 32.7 Å². The van der Waals surface area contributed by atoms with Crippen LogP contribution in [0, 0.1) is 0 Å². The summed E-state index contributed by atoms with van der Waals surface area (Å²) < 4.78 is 11.5. The molecule has 1 amide bonds.